The van der Waals surface area contributed by atoms with Crippen LogP contribution in [0.1, 0.15) is 13.3 Å². The summed E-state index contributed by atoms with van der Waals surface area (Å²) in [5, 5.41) is 1.38. The van der Waals surface area contributed by atoms with E-state index in [2.05, 4.69) is 62.5 Å². The van der Waals surface area contributed by atoms with E-state index in [0.717, 1.165) is 6.42 Å². The van der Waals surface area contributed by atoms with Crippen molar-refractivity contribution in [2.75, 3.05) is 0 Å². The fourth-order valence-corrected chi connectivity index (χ4v) is 4.41. The van der Waals surface area contributed by atoms with Crippen LogP contribution in [0.25, 0.3) is 0 Å². The van der Waals surface area contributed by atoms with Crippen LogP contribution in [0, 0.1) is 5.92 Å². The molecule has 1 nitrogen and oxygen atoms in total. The Balaban J connectivity index is 2.08. The lowest BCUT2D eigenvalue weighted by molar-refractivity contribution is 0.173. The van der Waals surface area contributed by atoms with Gasteiger partial charge in [-0.15, -0.1) is 0 Å². The second-order valence-corrected chi connectivity index (χ2v) is 8.89. The van der Waals surface area contributed by atoms with Gasteiger partial charge in [0.05, 0.1) is 6.10 Å². The van der Waals surface area contributed by atoms with Crippen molar-refractivity contribution in [1.29, 1.82) is 0 Å². The maximum atomic E-state index is 6.37. The van der Waals surface area contributed by atoms with E-state index in [1.165, 1.54) is 5.19 Å². The van der Waals surface area contributed by atoms with Crippen LogP contribution in [0.2, 0.25) is 13.1 Å². The fourth-order valence-electron chi connectivity index (χ4n) is 2.21. The van der Waals surface area contributed by atoms with E-state index in [1.54, 1.807) is 0 Å². The van der Waals surface area contributed by atoms with Crippen LogP contribution in [0.4, 0.5) is 0 Å². The van der Waals surface area contributed by atoms with Gasteiger partial charge >= 0.3 is 0 Å². The van der Waals surface area contributed by atoms with Crippen molar-refractivity contribution >= 4 is 13.5 Å². The molecule has 0 saturated heterocycles. The largest absolute Gasteiger partial charge is 0.409 e. The van der Waals surface area contributed by atoms with Gasteiger partial charge in [-0.3, -0.25) is 0 Å². The number of rotatable bonds is 3. The Labute approximate surface area is 99.3 Å². The molecule has 0 aliphatic heterocycles. The highest BCUT2D eigenvalue weighted by Crippen LogP contribution is 2.24. The van der Waals surface area contributed by atoms with E-state index >= 15 is 0 Å². The van der Waals surface area contributed by atoms with Crippen LogP contribution in [-0.2, 0) is 4.43 Å². The normalized spacial score (nSPS) is 24.9. The average molecular weight is 232 g/mol. The SMILES string of the molecule is C[C@@H]1C=CC[C@H]1O[Si](C)(C)c1ccccc1. The third kappa shape index (κ3) is 2.44. The molecule has 1 aliphatic rings. The summed E-state index contributed by atoms with van der Waals surface area (Å²) >= 11 is 0. The van der Waals surface area contributed by atoms with Gasteiger partial charge in [0.1, 0.15) is 0 Å². The van der Waals surface area contributed by atoms with E-state index in [9.17, 15) is 0 Å². The Morgan fingerprint density at radius 2 is 1.88 bits per heavy atom. The van der Waals surface area contributed by atoms with Gasteiger partial charge in [-0.05, 0) is 30.6 Å². The first-order valence-electron chi connectivity index (χ1n) is 5.99. The van der Waals surface area contributed by atoms with Gasteiger partial charge in [0.15, 0.2) is 0 Å². The minimum atomic E-state index is -1.73. The summed E-state index contributed by atoms with van der Waals surface area (Å²) in [5.74, 6) is 0.565. The summed E-state index contributed by atoms with van der Waals surface area (Å²) in [4.78, 5) is 0. The Kier molecular flexibility index (Phi) is 3.31. The van der Waals surface area contributed by atoms with Crippen LogP contribution in [0.3, 0.4) is 0 Å². The van der Waals surface area contributed by atoms with Crippen LogP contribution >= 0.6 is 0 Å². The van der Waals surface area contributed by atoms with E-state index in [4.69, 9.17) is 4.43 Å². The molecule has 0 saturated carbocycles. The summed E-state index contributed by atoms with van der Waals surface area (Å²) in [6, 6.07) is 10.7. The zero-order chi connectivity index (χ0) is 11.6. The Hall–Kier alpha value is -0.863. The maximum absolute atomic E-state index is 6.37. The molecule has 0 heterocycles. The zero-order valence-electron chi connectivity index (χ0n) is 10.3. The minimum Gasteiger partial charge on any atom is -0.409 e. The Morgan fingerprint density at radius 1 is 1.19 bits per heavy atom. The standard InChI is InChI=1S/C14H20OSi/c1-12-8-7-11-14(12)15-16(2,3)13-9-5-4-6-10-13/h4-10,12,14H,11H2,1-3H3/t12-,14-/m1/s1. The van der Waals surface area contributed by atoms with Gasteiger partial charge in [-0.2, -0.15) is 0 Å². The predicted molar refractivity (Wildman–Crippen MR) is 71.4 cm³/mol. The molecule has 2 rings (SSSR count). The molecular weight excluding hydrogens is 212 g/mol. The summed E-state index contributed by atoms with van der Waals surface area (Å²) in [5.41, 5.74) is 0. The van der Waals surface area contributed by atoms with E-state index in [0.29, 0.717) is 12.0 Å². The first-order valence-corrected chi connectivity index (χ1v) is 8.90. The summed E-state index contributed by atoms with van der Waals surface area (Å²) in [6.45, 7) is 6.81. The molecule has 0 radical (unpaired) electrons. The summed E-state index contributed by atoms with van der Waals surface area (Å²) in [6.07, 6.45) is 5.97. The van der Waals surface area contributed by atoms with Gasteiger partial charge in [0.2, 0.25) is 8.32 Å². The lowest BCUT2D eigenvalue weighted by atomic mass is 10.1. The van der Waals surface area contributed by atoms with Gasteiger partial charge in [0, 0.05) is 0 Å². The summed E-state index contributed by atoms with van der Waals surface area (Å²) < 4.78 is 6.37. The lowest BCUT2D eigenvalue weighted by Crippen LogP contribution is -2.47. The van der Waals surface area contributed by atoms with Crippen LogP contribution < -0.4 is 5.19 Å². The molecule has 1 aromatic rings. The van der Waals surface area contributed by atoms with Crippen molar-refractivity contribution in [3.8, 4) is 0 Å². The van der Waals surface area contributed by atoms with Crippen LogP contribution in [0.5, 0.6) is 0 Å². The van der Waals surface area contributed by atoms with E-state index in [-0.39, 0.29) is 0 Å². The first-order chi connectivity index (χ1) is 7.59. The molecule has 86 valence electrons. The number of hydrogen-bond donors (Lipinski definition) is 0. The topological polar surface area (TPSA) is 9.23 Å². The Morgan fingerprint density at radius 3 is 2.44 bits per heavy atom. The predicted octanol–water partition coefficient (Wildman–Crippen LogP) is 3.08. The highest BCUT2D eigenvalue weighted by Gasteiger charge is 2.31. The second-order valence-electron chi connectivity index (χ2n) is 5.06. The molecule has 2 atom stereocenters. The Bertz CT molecular complexity index is 370. The molecule has 0 bridgehead atoms. The fraction of sp³-hybridized carbons (Fsp3) is 0.429. The lowest BCUT2D eigenvalue weighted by Gasteiger charge is -2.29. The maximum Gasteiger partial charge on any atom is 0.218 e. The van der Waals surface area contributed by atoms with Gasteiger partial charge in [-0.25, -0.2) is 0 Å². The van der Waals surface area contributed by atoms with Crippen molar-refractivity contribution in [2.24, 2.45) is 5.92 Å². The molecule has 1 aliphatic carbocycles. The van der Waals surface area contributed by atoms with Crippen molar-refractivity contribution in [3.63, 3.8) is 0 Å². The van der Waals surface area contributed by atoms with Crippen molar-refractivity contribution in [1.82, 2.24) is 0 Å². The molecule has 0 fully saturated rings. The number of benzene rings is 1. The van der Waals surface area contributed by atoms with E-state index in [1.807, 2.05) is 0 Å². The van der Waals surface area contributed by atoms with Gasteiger partial charge in [0.25, 0.3) is 0 Å². The highest BCUT2D eigenvalue weighted by atomic mass is 28.4. The molecule has 0 spiro atoms. The quantitative estimate of drug-likeness (QED) is 0.575. The molecule has 0 amide bonds. The van der Waals surface area contributed by atoms with E-state index < -0.39 is 8.32 Å². The van der Waals surface area contributed by atoms with Crippen molar-refractivity contribution in [2.45, 2.75) is 32.5 Å². The minimum absolute atomic E-state index is 0.391. The molecule has 16 heavy (non-hydrogen) atoms. The number of hydrogen-bond acceptors (Lipinski definition) is 1. The molecule has 1 aromatic carbocycles. The smallest absolute Gasteiger partial charge is 0.218 e. The molecule has 0 unspecified atom stereocenters. The molecule has 0 aromatic heterocycles. The third-order valence-corrected chi connectivity index (χ3v) is 5.93. The van der Waals surface area contributed by atoms with Gasteiger partial charge in [-0.1, -0.05) is 49.4 Å². The zero-order valence-corrected chi connectivity index (χ0v) is 11.3. The average Bonchev–Trinajstić information content (AvgIpc) is 2.65. The highest BCUT2D eigenvalue weighted by molar-refractivity contribution is 6.84. The molecular formula is C14H20OSi. The van der Waals surface area contributed by atoms with Crippen LogP contribution in [0.15, 0.2) is 42.5 Å². The van der Waals surface area contributed by atoms with Crippen molar-refractivity contribution in [3.05, 3.63) is 42.5 Å². The monoisotopic (exact) mass is 232 g/mol. The first kappa shape index (κ1) is 11.6. The third-order valence-electron chi connectivity index (χ3n) is 3.31. The molecule has 0 N–H and O–H groups in total. The van der Waals surface area contributed by atoms with Gasteiger partial charge < -0.3 is 4.43 Å². The summed E-state index contributed by atoms with van der Waals surface area (Å²) in [7, 11) is -1.73. The van der Waals surface area contributed by atoms with Crippen molar-refractivity contribution < 1.29 is 4.43 Å². The second kappa shape index (κ2) is 4.56. The molecule has 2 heteroatoms. The van der Waals surface area contributed by atoms with Crippen LogP contribution in [-0.4, -0.2) is 14.4 Å².